The molecule has 0 spiro atoms. The second-order valence-corrected chi connectivity index (χ2v) is 5.68. The number of anilines is 1. The number of nitrogen functional groups attached to an aromatic ring is 1. The molecule has 6 heteroatoms. The molecule has 3 nitrogen and oxygen atoms in total. The predicted octanol–water partition coefficient (Wildman–Crippen LogP) is 4.29. The van der Waals surface area contributed by atoms with Crippen LogP contribution in [0.1, 0.15) is 15.9 Å². The van der Waals surface area contributed by atoms with Crippen molar-refractivity contribution in [1.29, 1.82) is 0 Å². The topological polar surface area (TPSA) is 52.3 Å². The Morgan fingerprint density at radius 2 is 2.00 bits per heavy atom. The lowest BCUT2D eigenvalue weighted by atomic mass is 10.2. The van der Waals surface area contributed by atoms with E-state index < -0.39 is 11.8 Å². The third kappa shape index (κ3) is 3.37. The molecular weight excluding hydrogens is 393 g/mol. The highest BCUT2D eigenvalue weighted by molar-refractivity contribution is 9.10. The molecule has 0 aromatic heterocycles. The van der Waals surface area contributed by atoms with Gasteiger partial charge < -0.3 is 10.5 Å². The van der Waals surface area contributed by atoms with E-state index in [-0.39, 0.29) is 6.61 Å². The molecule has 2 aromatic rings. The van der Waals surface area contributed by atoms with Crippen LogP contribution in [0.4, 0.5) is 10.1 Å². The molecule has 2 rings (SSSR count). The van der Waals surface area contributed by atoms with Gasteiger partial charge in [0.2, 0.25) is 0 Å². The standard InChI is InChI=1S/C14H10Br2FNO2/c15-11-5-4-9(18)6-10(11)14(19)20-7-8-2-1-3-12(17)13(8)16/h1-6H,7,18H2. The van der Waals surface area contributed by atoms with E-state index in [0.717, 1.165) is 0 Å². The van der Waals surface area contributed by atoms with E-state index in [1.807, 2.05) is 0 Å². The summed E-state index contributed by atoms with van der Waals surface area (Å²) in [7, 11) is 0. The molecule has 0 radical (unpaired) electrons. The van der Waals surface area contributed by atoms with Gasteiger partial charge in [-0.25, -0.2) is 9.18 Å². The molecule has 0 aliphatic rings. The number of carbonyl (C=O) groups excluding carboxylic acids is 1. The largest absolute Gasteiger partial charge is 0.457 e. The van der Waals surface area contributed by atoms with E-state index in [0.29, 0.717) is 25.8 Å². The van der Waals surface area contributed by atoms with Crippen molar-refractivity contribution in [3.05, 3.63) is 62.3 Å². The Kier molecular flexibility index (Phi) is 4.77. The van der Waals surface area contributed by atoms with Crippen molar-refractivity contribution in [1.82, 2.24) is 0 Å². The summed E-state index contributed by atoms with van der Waals surface area (Å²) in [4.78, 5) is 12.0. The number of hydrogen-bond acceptors (Lipinski definition) is 3. The van der Waals surface area contributed by atoms with Crippen LogP contribution in [0.3, 0.4) is 0 Å². The maximum atomic E-state index is 13.3. The molecule has 2 aromatic carbocycles. The zero-order chi connectivity index (χ0) is 14.7. The van der Waals surface area contributed by atoms with E-state index >= 15 is 0 Å². The van der Waals surface area contributed by atoms with Crippen LogP contribution in [0.15, 0.2) is 45.3 Å². The highest BCUT2D eigenvalue weighted by atomic mass is 79.9. The summed E-state index contributed by atoms with van der Waals surface area (Å²) in [5, 5.41) is 0. The second kappa shape index (κ2) is 6.37. The van der Waals surface area contributed by atoms with Gasteiger partial charge in [-0.3, -0.25) is 0 Å². The molecule has 0 amide bonds. The van der Waals surface area contributed by atoms with Crippen molar-refractivity contribution < 1.29 is 13.9 Å². The predicted molar refractivity (Wildman–Crippen MR) is 81.8 cm³/mol. The first-order valence-electron chi connectivity index (χ1n) is 5.64. The molecule has 0 aliphatic heterocycles. The number of hydrogen-bond donors (Lipinski definition) is 1. The van der Waals surface area contributed by atoms with Gasteiger partial charge in [-0.15, -0.1) is 0 Å². The van der Waals surface area contributed by atoms with Crippen LogP contribution in [0.2, 0.25) is 0 Å². The zero-order valence-corrected chi connectivity index (χ0v) is 13.4. The van der Waals surface area contributed by atoms with Crippen molar-refractivity contribution >= 4 is 43.5 Å². The zero-order valence-electron chi connectivity index (χ0n) is 10.2. The van der Waals surface area contributed by atoms with E-state index in [1.54, 1.807) is 24.3 Å². The van der Waals surface area contributed by atoms with Gasteiger partial charge in [0.25, 0.3) is 0 Å². The van der Waals surface area contributed by atoms with Crippen molar-refractivity contribution in [2.45, 2.75) is 6.61 Å². The molecule has 2 N–H and O–H groups in total. The molecule has 0 aliphatic carbocycles. The van der Waals surface area contributed by atoms with Gasteiger partial charge in [0, 0.05) is 15.7 Å². The number of benzene rings is 2. The lowest BCUT2D eigenvalue weighted by Gasteiger charge is -2.09. The van der Waals surface area contributed by atoms with E-state index in [9.17, 15) is 9.18 Å². The van der Waals surface area contributed by atoms with Crippen molar-refractivity contribution in [3.63, 3.8) is 0 Å². The average Bonchev–Trinajstić information content (AvgIpc) is 2.43. The summed E-state index contributed by atoms with van der Waals surface area (Å²) in [6.45, 7) is -0.0293. The summed E-state index contributed by atoms with van der Waals surface area (Å²) < 4.78 is 19.4. The average molecular weight is 403 g/mol. The fourth-order valence-electron chi connectivity index (χ4n) is 1.58. The second-order valence-electron chi connectivity index (χ2n) is 4.03. The Labute approximate surface area is 132 Å². The highest BCUT2D eigenvalue weighted by Crippen LogP contribution is 2.23. The number of carbonyl (C=O) groups is 1. The van der Waals surface area contributed by atoms with E-state index in [4.69, 9.17) is 10.5 Å². The number of halogens is 3. The highest BCUT2D eigenvalue weighted by Gasteiger charge is 2.13. The van der Waals surface area contributed by atoms with Gasteiger partial charge >= 0.3 is 5.97 Å². The Bertz CT molecular complexity index is 662. The molecule has 0 saturated heterocycles. The summed E-state index contributed by atoms with van der Waals surface area (Å²) in [6.07, 6.45) is 0. The summed E-state index contributed by atoms with van der Waals surface area (Å²) in [5.74, 6) is -0.927. The van der Waals surface area contributed by atoms with E-state index in [1.165, 1.54) is 12.1 Å². The molecular formula is C14H10Br2FNO2. The van der Waals surface area contributed by atoms with Crippen molar-refractivity contribution in [2.75, 3.05) is 5.73 Å². The first-order chi connectivity index (χ1) is 9.49. The fraction of sp³-hybridized carbons (Fsp3) is 0.0714. The third-order valence-electron chi connectivity index (χ3n) is 2.60. The number of nitrogens with two attached hydrogens (primary N) is 1. The summed E-state index contributed by atoms with van der Waals surface area (Å²) in [5.41, 5.74) is 6.98. The minimum Gasteiger partial charge on any atom is -0.457 e. The smallest absolute Gasteiger partial charge is 0.339 e. The molecule has 20 heavy (non-hydrogen) atoms. The first-order valence-corrected chi connectivity index (χ1v) is 7.22. The van der Waals surface area contributed by atoms with Gasteiger partial charge in [0.1, 0.15) is 12.4 Å². The molecule has 0 atom stereocenters. The molecule has 0 saturated carbocycles. The Morgan fingerprint density at radius 3 is 2.75 bits per heavy atom. The SMILES string of the molecule is Nc1ccc(Br)c(C(=O)OCc2cccc(F)c2Br)c1. The summed E-state index contributed by atoms with van der Waals surface area (Å²) >= 11 is 6.37. The first kappa shape index (κ1) is 15.0. The van der Waals surface area contributed by atoms with Crippen LogP contribution in [0, 0.1) is 5.82 Å². The Morgan fingerprint density at radius 1 is 1.25 bits per heavy atom. The Hall–Kier alpha value is -1.40. The lowest BCUT2D eigenvalue weighted by Crippen LogP contribution is -2.07. The van der Waals surface area contributed by atoms with Crippen LogP contribution in [0.25, 0.3) is 0 Å². The number of rotatable bonds is 3. The molecule has 0 fully saturated rings. The van der Waals surface area contributed by atoms with Gasteiger partial charge in [-0.2, -0.15) is 0 Å². The van der Waals surface area contributed by atoms with Gasteiger partial charge in [0.15, 0.2) is 0 Å². The minimum atomic E-state index is -0.527. The maximum Gasteiger partial charge on any atom is 0.339 e. The fourth-order valence-corrected chi connectivity index (χ4v) is 2.37. The maximum absolute atomic E-state index is 13.3. The van der Waals surface area contributed by atoms with Crippen molar-refractivity contribution in [2.24, 2.45) is 0 Å². The summed E-state index contributed by atoms with van der Waals surface area (Å²) in [6, 6.07) is 9.42. The van der Waals surface area contributed by atoms with Crippen LogP contribution >= 0.6 is 31.9 Å². The molecule has 0 bridgehead atoms. The lowest BCUT2D eigenvalue weighted by molar-refractivity contribution is 0.0470. The van der Waals surface area contributed by atoms with E-state index in [2.05, 4.69) is 31.9 Å². The normalized spacial score (nSPS) is 10.3. The Balaban J connectivity index is 2.13. The van der Waals surface area contributed by atoms with Crippen LogP contribution in [0.5, 0.6) is 0 Å². The minimum absolute atomic E-state index is 0.0293. The van der Waals surface area contributed by atoms with Gasteiger partial charge in [0.05, 0.1) is 10.0 Å². The number of esters is 1. The third-order valence-corrected chi connectivity index (χ3v) is 4.18. The number of ether oxygens (including phenoxy) is 1. The van der Waals surface area contributed by atoms with Crippen LogP contribution in [-0.4, -0.2) is 5.97 Å². The quantitative estimate of drug-likeness (QED) is 0.615. The van der Waals surface area contributed by atoms with Crippen LogP contribution in [-0.2, 0) is 11.3 Å². The van der Waals surface area contributed by atoms with Gasteiger partial charge in [-0.1, -0.05) is 12.1 Å². The van der Waals surface area contributed by atoms with Gasteiger partial charge in [-0.05, 0) is 56.1 Å². The monoisotopic (exact) mass is 401 g/mol. The molecule has 104 valence electrons. The molecule has 0 unspecified atom stereocenters. The van der Waals surface area contributed by atoms with Crippen LogP contribution < -0.4 is 5.73 Å². The molecule has 0 heterocycles. The van der Waals surface area contributed by atoms with Crippen molar-refractivity contribution in [3.8, 4) is 0 Å².